The Morgan fingerprint density at radius 1 is 1.18 bits per heavy atom. The van der Waals surface area contributed by atoms with Gasteiger partial charge in [-0.15, -0.1) is 0 Å². The van der Waals surface area contributed by atoms with Gasteiger partial charge in [0.1, 0.15) is 0 Å². The van der Waals surface area contributed by atoms with Crippen molar-refractivity contribution in [2.45, 2.75) is 53.9 Å². The molecular formula is C15H28N2O5. The van der Waals surface area contributed by atoms with Crippen LogP contribution in [-0.4, -0.2) is 28.2 Å². The van der Waals surface area contributed by atoms with E-state index in [0.717, 1.165) is 24.8 Å². The number of allylic oxidation sites excluding steroid dienone is 2. The SMILES string of the molecule is CCC1=C(C)C(CC)C(C)(C)CC1=O.NC(=O)O.NC(=O)O. The maximum Gasteiger partial charge on any atom is 0.402 e. The topological polar surface area (TPSA) is 144 Å². The van der Waals surface area contributed by atoms with E-state index in [1.165, 1.54) is 5.57 Å². The van der Waals surface area contributed by atoms with Crippen LogP contribution in [0.5, 0.6) is 0 Å². The second kappa shape index (κ2) is 9.81. The van der Waals surface area contributed by atoms with Gasteiger partial charge in [0.2, 0.25) is 0 Å². The van der Waals surface area contributed by atoms with Crippen LogP contribution < -0.4 is 11.5 Å². The number of Topliss-reactive ketones (excluding diaryl/α,β-unsaturated/α-hetero) is 1. The minimum absolute atomic E-state index is 0.161. The van der Waals surface area contributed by atoms with Crippen molar-refractivity contribution in [1.82, 2.24) is 0 Å². The number of ketones is 1. The van der Waals surface area contributed by atoms with Crippen molar-refractivity contribution < 1.29 is 24.6 Å². The van der Waals surface area contributed by atoms with Gasteiger partial charge in [-0.3, -0.25) is 4.79 Å². The number of nitrogens with two attached hydrogens (primary N) is 2. The molecule has 0 aromatic heterocycles. The van der Waals surface area contributed by atoms with Gasteiger partial charge in [0.25, 0.3) is 0 Å². The second-order valence-corrected chi connectivity index (χ2v) is 5.74. The number of hydrogen-bond acceptors (Lipinski definition) is 3. The lowest BCUT2D eigenvalue weighted by molar-refractivity contribution is -0.119. The van der Waals surface area contributed by atoms with Crippen LogP contribution >= 0.6 is 0 Å². The first kappa shape index (κ1) is 22.2. The van der Waals surface area contributed by atoms with Crippen molar-refractivity contribution in [2.24, 2.45) is 22.8 Å². The van der Waals surface area contributed by atoms with Crippen LogP contribution in [0.2, 0.25) is 0 Å². The fourth-order valence-corrected chi connectivity index (χ4v) is 2.99. The number of carbonyl (C=O) groups excluding carboxylic acids is 1. The van der Waals surface area contributed by atoms with Gasteiger partial charge in [0.15, 0.2) is 5.78 Å². The molecule has 0 spiro atoms. The first-order valence-electron chi connectivity index (χ1n) is 7.10. The molecule has 2 amide bonds. The molecule has 7 nitrogen and oxygen atoms in total. The van der Waals surface area contributed by atoms with Gasteiger partial charge >= 0.3 is 12.2 Å². The lowest BCUT2D eigenvalue weighted by Gasteiger charge is -2.39. The molecule has 1 atom stereocenters. The lowest BCUT2D eigenvalue weighted by Crippen LogP contribution is -2.33. The van der Waals surface area contributed by atoms with Crippen molar-refractivity contribution in [3.8, 4) is 0 Å². The Kier molecular flexibility index (Phi) is 9.91. The van der Waals surface area contributed by atoms with Crippen LogP contribution in [0.4, 0.5) is 9.59 Å². The highest BCUT2D eigenvalue weighted by atomic mass is 16.4. The van der Waals surface area contributed by atoms with Crippen LogP contribution in [0.25, 0.3) is 0 Å². The van der Waals surface area contributed by atoms with Crippen LogP contribution in [0.15, 0.2) is 11.1 Å². The predicted molar refractivity (Wildman–Crippen MR) is 84.6 cm³/mol. The molecule has 1 rings (SSSR count). The van der Waals surface area contributed by atoms with Gasteiger partial charge in [0, 0.05) is 6.42 Å². The van der Waals surface area contributed by atoms with E-state index in [2.05, 4.69) is 46.1 Å². The summed E-state index contributed by atoms with van der Waals surface area (Å²) >= 11 is 0. The molecule has 0 saturated carbocycles. The van der Waals surface area contributed by atoms with Gasteiger partial charge in [0.05, 0.1) is 0 Å². The van der Waals surface area contributed by atoms with E-state index in [1.54, 1.807) is 0 Å². The molecule has 0 aromatic rings. The number of carboxylic acid groups (broad SMARTS) is 2. The molecule has 0 aliphatic heterocycles. The Labute approximate surface area is 131 Å². The summed E-state index contributed by atoms with van der Waals surface area (Å²) in [6.45, 7) is 10.9. The summed E-state index contributed by atoms with van der Waals surface area (Å²) in [5.41, 5.74) is 10.7. The second-order valence-electron chi connectivity index (χ2n) is 5.74. The third-order valence-electron chi connectivity index (χ3n) is 3.66. The van der Waals surface area contributed by atoms with Crippen LogP contribution in [0.1, 0.15) is 53.9 Å². The molecule has 22 heavy (non-hydrogen) atoms. The Hall–Kier alpha value is -2.05. The predicted octanol–water partition coefficient (Wildman–Crippen LogP) is 2.98. The van der Waals surface area contributed by atoms with E-state index >= 15 is 0 Å². The maximum absolute atomic E-state index is 11.9. The normalized spacial score (nSPS) is 19.3. The smallest absolute Gasteiger partial charge is 0.402 e. The van der Waals surface area contributed by atoms with E-state index in [9.17, 15) is 4.79 Å². The minimum Gasteiger partial charge on any atom is -0.465 e. The lowest BCUT2D eigenvalue weighted by atomic mass is 9.65. The minimum atomic E-state index is -1.33. The quantitative estimate of drug-likeness (QED) is 0.619. The van der Waals surface area contributed by atoms with E-state index in [-0.39, 0.29) is 5.41 Å². The van der Waals surface area contributed by atoms with Crippen molar-refractivity contribution in [3.63, 3.8) is 0 Å². The Bertz CT molecular complexity index is 421. The molecular weight excluding hydrogens is 288 g/mol. The van der Waals surface area contributed by atoms with E-state index in [4.69, 9.17) is 19.8 Å². The molecule has 0 fully saturated rings. The first-order chi connectivity index (χ1) is 9.90. The highest BCUT2D eigenvalue weighted by molar-refractivity contribution is 5.97. The third-order valence-corrected chi connectivity index (χ3v) is 3.66. The van der Waals surface area contributed by atoms with Crippen molar-refractivity contribution in [1.29, 1.82) is 0 Å². The van der Waals surface area contributed by atoms with Crippen molar-refractivity contribution in [3.05, 3.63) is 11.1 Å². The standard InChI is InChI=1S/C13H22O.2CH3NO2/c1-6-10-9(3)11(7-2)13(4,5)8-12(10)14;2*2-1(3)4/h11H,6-8H2,1-5H3;2*2H2,(H,3,4). The largest absolute Gasteiger partial charge is 0.465 e. The van der Waals surface area contributed by atoms with Crippen molar-refractivity contribution >= 4 is 18.0 Å². The number of rotatable bonds is 2. The third kappa shape index (κ3) is 8.28. The van der Waals surface area contributed by atoms with E-state index in [1.807, 2.05) is 0 Å². The van der Waals surface area contributed by atoms with Crippen LogP contribution in [-0.2, 0) is 4.79 Å². The zero-order valence-corrected chi connectivity index (χ0v) is 14.0. The zero-order valence-electron chi connectivity index (χ0n) is 14.0. The molecule has 6 N–H and O–H groups in total. The summed E-state index contributed by atoms with van der Waals surface area (Å²) in [5.74, 6) is 0.967. The summed E-state index contributed by atoms with van der Waals surface area (Å²) in [6, 6.07) is 0. The number of carbonyl (C=O) groups is 3. The summed E-state index contributed by atoms with van der Waals surface area (Å²) in [5, 5.41) is 14.4. The molecule has 0 heterocycles. The first-order valence-corrected chi connectivity index (χ1v) is 7.10. The summed E-state index contributed by atoms with van der Waals surface area (Å²) in [6.07, 6.45) is 0.110. The fourth-order valence-electron chi connectivity index (χ4n) is 2.99. The molecule has 7 heteroatoms. The molecule has 0 saturated heterocycles. The zero-order chi connectivity index (χ0) is 18.1. The number of primary amides is 2. The van der Waals surface area contributed by atoms with E-state index in [0.29, 0.717) is 11.7 Å². The average Bonchev–Trinajstić information content (AvgIpc) is 2.26. The Balaban J connectivity index is 0. The summed E-state index contributed by atoms with van der Waals surface area (Å²) in [7, 11) is 0. The highest BCUT2D eigenvalue weighted by Crippen LogP contribution is 2.44. The Morgan fingerprint density at radius 2 is 1.55 bits per heavy atom. The Morgan fingerprint density at radius 3 is 1.82 bits per heavy atom. The van der Waals surface area contributed by atoms with Gasteiger partial charge < -0.3 is 21.7 Å². The number of hydrogen-bond donors (Lipinski definition) is 4. The molecule has 1 aliphatic carbocycles. The molecule has 0 aromatic carbocycles. The molecule has 128 valence electrons. The fraction of sp³-hybridized carbons (Fsp3) is 0.667. The average molecular weight is 316 g/mol. The van der Waals surface area contributed by atoms with Gasteiger partial charge in [-0.05, 0) is 36.7 Å². The molecule has 0 radical (unpaired) electrons. The van der Waals surface area contributed by atoms with Gasteiger partial charge in [-0.25, -0.2) is 9.59 Å². The van der Waals surface area contributed by atoms with Crippen molar-refractivity contribution in [2.75, 3.05) is 0 Å². The summed E-state index contributed by atoms with van der Waals surface area (Å²) in [4.78, 5) is 29.4. The number of amides is 2. The van der Waals surface area contributed by atoms with E-state index < -0.39 is 12.2 Å². The molecule has 1 aliphatic rings. The highest BCUT2D eigenvalue weighted by Gasteiger charge is 2.37. The molecule has 1 unspecified atom stereocenters. The van der Waals surface area contributed by atoms with Crippen LogP contribution in [0, 0.1) is 11.3 Å². The van der Waals surface area contributed by atoms with Gasteiger partial charge in [-0.2, -0.15) is 0 Å². The molecule has 0 bridgehead atoms. The monoisotopic (exact) mass is 316 g/mol. The summed E-state index contributed by atoms with van der Waals surface area (Å²) < 4.78 is 0. The maximum atomic E-state index is 11.9. The van der Waals surface area contributed by atoms with Crippen LogP contribution in [0.3, 0.4) is 0 Å². The van der Waals surface area contributed by atoms with Gasteiger partial charge in [-0.1, -0.05) is 33.3 Å².